The minimum atomic E-state index is -3.89. The van der Waals surface area contributed by atoms with Gasteiger partial charge in [0.2, 0.25) is 0 Å². The Bertz CT molecular complexity index is 1970. The Morgan fingerprint density at radius 2 is 1.81 bits per heavy atom. The number of benzene rings is 3. The normalized spacial score (nSPS) is 13.1. The van der Waals surface area contributed by atoms with Gasteiger partial charge in [0, 0.05) is 36.7 Å². The Kier molecular flexibility index (Phi) is 8.62. The summed E-state index contributed by atoms with van der Waals surface area (Å²) in [6.07, 6.45) is 2.29. The number of fused-ring (bicyclic) bond motifs is 2. The van der Waals surface area contributed by atoms with Gasteiger partial charge in [-0.3, -0.25) is 0 Å². The Labute approximate surface area is 258 Å². The first-order chi connectivity index (χ1) is 20.4. The molecule has 1 N–H and O–H groups in total. The molecule has 0 radical (unpaired) electrons. The molecule has 0 bridgehead atoms. The number of aliphatic hydroxyl groups excluding tert-OH is 1. The van der Waals surface area contributed by atoms with Gasteiger partial charge in [-0.1, -0.05) is 37.3 Å². The van der Waals surface area contributed by atoms with Crippen molar-refractivity contribution in [1.29, 1.82) is 5.26 Å². The van der Waals surface area contributed by atoms with Gasteiger partial charge in [-0.05, 0) is 74.2 Å². The maximum absolute atomic E-state index is 13.8. The van der Waals surface area contributed by atoms with Crippen molar-refractivity contribution < 1.29 is 18.3 Å². The number of aliphatic hydroxyl groups is 1. The van der Waals surface area contributed by atoms with E-state index in [-0.39, 0.29) is 11.6 Å². The molecular weight excluding hydrogens is 597 g/mol. The van der Waals surface area contributed by atoms with Crippen LogP contribution in [0.25, 0.3) is 21.9 Å². The predicted molar refractivity (Wildman–Crippen MR) is 175 cm³/mol. The van der Waals surface area contributed by atoms with Crippen LogP contribution in [-0.2, 0) is 21.5 Å². The Morgan fingerprint density at radius 3 is 2.47 bits per heavy atom. The van der Waals surface area contributed by atoms with Crippen LogP contribution in [0.15, 0.2) is 70.6 Å². The first-order valence-electron chi connectivity index (χ1n) is 14.0. The van der Waals surface area contributed by atoms with E-state index < -0.39 is 24.2 Å². The fraction of sp³-hybridized carbons (Fsp3) is 0.312. The fourth-order valence-corrected chi connectivity index (χ4v) is 8.10. The summed E-state index contributed by atoms with van der Waals surface area (Å²) in [5.74, 6) is 0.368. The first-order valence-corrected chi connectivity index (χ1v) is 20.4. The number of nitrogens with zero attached hydrogens (tertiary/aromatic N) is 4. The van der Waals surface area contributed by atoms with Crippen LogP contribution in [0.5, 0.6) is 0 Å². The monoisotopic (exact) mass is 632 g/mol. The lowest BCUT2D eigenvalue weighted by Crippen LogP contribution is -2.22. The molecule has 0 saturated carbocycles. The second-order valence-electron chi connectivity index (χ2n) is 12.0. The van der Waals surface area contributed by atoms with Crippen LogP contribution in [0, 0.1) is 25.2 Å². The van der Waals surface area contributed by atoms with Crippen molar-refractivity contribution in [2.24, 2.45) is 0 Å². The van der Waals surface area contributed by atoms with Crippen molar-refractivity contribution >= 4 is 51.8 Å². The Balaban J connectivity index is 1.66. The van der Waals surface area contributed by atoms with E-state index in [4.69, 9.17) is 9.72 Å². The third-order valence-corrected chi connectivity index (χ3v) is 11.7. The van der Waals surface area contributed by atoms with Crippen LogP contribution in [0.2, 0.25) is 25.7 Å². The van der Waals surface area contributed by atoms with E-state index >= 15 is 0 Å². The summed E-state index contributed by atoms with van der Waals surface area (Å²) in [5.41, 5.74) is 4.62. The smallest absolute Gasteiger partial charge is 0.268 e. The van der Waals surface area contributed by atoms with Crippen molar-refractivity contribution in [3.05, 3.63) is 88.9 Å². The van der Waals surface area contributed by atoms with Crippen LogP contribution in [0.3, 0.4) is 0 Å². The molecule has 5 aromatic rings. The number of hydrogen-bond donors (Lipinski definition) is 1. The van der Waals surface area contributed by atoms with E-state index in [0.29, 0.717) is 40.0 Å². The molecule has 0 aliphatic carbocycles. The molecule has 2 aromatic heterocycles. The molecule has 224 valence electrons. The molecular formula is C32H36N4O4S2Si. The molecule has 3 aromatic carbocycles. The zero-order chi connectivity index (χ0) is 31.1. The van der Waals surface area contributed by atoms with E-state index in [1.54, 1.807) is 48.7 Å². The third-order valence-electron chi connectivity index (χ3n) is 7.57. The molecule has 1 unspecified atom stereocenters. The van der Waals surface area contributed by atoms with Gasteiger partial charge in [-0.15, -0.1) is 11.8 Å². The number of aryl methyl sites for hydroxylation is 2. The summed E-state index contributed by atoms with van der Waals surface area (Å²) in [6.45, 7) is 11.4. The maximum Gasteiger partial charge on any atom is 0.268 e. The molecule has 1 atom stereocenters. The SMILES string of the molecule is CSc1cc(C)c2c(ccn2S(=O)(=O)c2ccc(C)cc2)c1C(O)c1nc2cc(C#N)ccc2n1COCC[Si](C)(C)C. The van der Waals surface area contributed by atoms with Gasteiger partial charge in [-0.25, -0.2) is 17.4 Å². The van der Waals surface area contributed by atoms with E-state index in [1.807, 2.05) is 36.8 Å². The summed E-state index contributed by atoms with van der Waals surface area (Å²) < 4.78 is 36.8. The molecule has 8 nitrogen and oxygen atoms in total. The number of thioether (sulfide) groups is 1. The molecule has 0 aliphatic rings. The molecule has 0 aliphatic heterocycles. The standard InChI is InChI=1S/C32H36N4O4S2Si/c1-21-7-10-24(11-8-21)42(38,39)36-14-13-25-29(28(41-3)17-22(2)30(25)36)31(37)32-34-26-18-23(19-33)9-12-27(26)35(32)20-40-15-16-43(4,5)6/h7-14,17-18,31,37H,15-16,20H2,1-6H3. The van der Waals surface area contributed by atoms with Crippen molar-refractivity contribution in [2.75, 3.05) is 12.9 Å². The highest BCUT2D eigenvalue weighted by atomic mass is 32.2. The van der Waals surface area contributed by atoms with E-state index in [9.17, 15) is 18.8 Å². The average Bonchev–Trinajstić information content (AvgIpc) is 3.57. The molecule has 0 spiro atoms. The highest BCUT2D eigenvalue weighted by molar-refractivity contribution is 7.98. The topological polar surface area (TPSA) is 110 Å². The molecule has 0 fully saturated rings. The highest BCUT2D eigenvalue weighted by Gasteiger charge is 2.28. The second-order valence-corrected chi connectivity index (χ2v) is 20.2. The van der Waals surface area contributed by atoms with E-state index in [1.165, 1.54) is 15.7 Å². The van der Waals surface area contributed by atoms with Crippen molar-refractivity contribution in [3.8, 4) is 6.07 Å². The van der Waals surface area contributed by atoms with Gasteiger partial charge >= 0.3 is 0 Å². The molecule has 2 heterocycles. The first kappa shape index (κ1) is 31.0. The van der Waals surface area contributed by atoms with Crippen LogP contribution in [-0.4, -0.2) is 48.0 Å². The fourth-order valence-electron chi connectivity index (χ4n) is 5.19. The highest BCUT2D eigenvalue weighted by Crippen LogP contribution is 2.40. The minimum absolute atomic E-state index is 0.186. The summed E-state index contributed by atoms with van der Waals surface area (Å²) in [7, 11) is -5.20. The van der Waals surface area contributed by atoms with Crippen molar-refractivity contribution in [1.82, 2.24) is 13.5 Å². The lowest BCUT2D eigenvalue weighted by molar-refractivity contribution is 0.0814. The Morgan fingerprint density at radius 1 is 1.09 bits per heavy atom. The Hall–Kier alpha value is -3.40. The molecule has 0 amide bonds. The minimum Gasteiger partial charge on any atom is -0.380 e. The summed E-state index contributed by atoms with van der Waals surface area (Å²) in [4.78, 5) is 5.81. The van der Waals surface area contributed by atoms with Crippen molar-refractivity contribution in [2.45, 2.75) is 62.2 Å². The summed E-state index contributed by atoms with van der Waals surface area (Å²) >= 11 is 1.48. The number of rotatable bonds is 10. The quantitative estimate of drug-likeness (QED) is 0.102. The van der Waals surface area contributed by atoms with Crippen molar-refractivity contribution in [3.63, 3.8) is 0 Å². The number of hydrogen-bond acceptors (Lipinski definition) is 7. The van der Waals surface area contributed by atoms with Gasteiger partial charge in [0.25, 0.3) is 10.0 Å². The van der Waals surface area contributed by atoms with Crippen LogP contribution >= 0.6 is 11.8 Å². The molecule has 0 saturated heterocycles. The number of imidazole rings is 1. The predicted octanol–water partition coefficient (Wildman–Crippen LogP) is 6.83. The number of nitriles is 1. The number of ether oxygens (including phenoxy) is 1. The number of aromatic nitrogens is 3. The molecule has 5 rings (SSSR count). The van der Waals surface area contributed by atoms with Gasteiger partial charge < -0.3 is 14.4 Å². The van der Waals surface area contributed by atoms with Crippen LogP contribution in [0.1, 0.15) is 34.2 Å². The zero-order valence-electron chi connectivity index (χ0n) is 25.2. The third kappa shape index (κ3) is 6.03. The van der Waals surface area contributed by atoms with Gasteiger partial charge in [0.1, 0.15) is 18.7 Å². The lowest BCUT2D eigenvalue weighted by atomic mass is 10.0. The van der Waals surface area contributed by atoms with Crippen LogP contribution in [0.4, 0.5) is 0 Å². The summed E-state index contributed by atoms with van der Waals surface area (Å²) in [6, 6.07) is 18.8. The lowest BCUT2D eigenvalue weighted by Gasteiger charge is -2.20. The van der Waals surface area contributed by atoms with Gasteiger partial charge in [0.15, 0.2) is 0 Å². The zero-order valence-corrected chi connectivity index (χ0v) is 27.9. The van der Waals surface area contributed by atoms with Gasteiger partial charge in [0.05, 0.1) is 33.1 Å². The molecule has 43 heavy (non-hydrogen) atoms. The van der Waals surface area contributed by atoms with Gasteiger partial charge in [-0.2, -0.15) is 5.26 Å². The maximum atomic E-state index is 13.8. The molecule has 11 heteroatoms. The average molecular weight is 633 g/mol. The summed E-state index contributed by atoms with van der Waals surface area (Å²) in [5, 5.41) is 22.2. The van der Waals surface area contributed by atoms with E-state index in [2.05, 4.69) is 25.7 Å². The van der Waals surface area contributed by atoms with E-state index in [0.717, 1.165) is 27.6 Å². The second kappa shape index (κ2) is 11.9. The largest absolute Gasteiger partial charge is 0.380 e. The van der Waals surface area contributed by atoms with Crippen LogP contribution < -0.4 is 0 Å².